The molecule has 0 aromatic carbocycles. The van der Waals surface area contributed by atoms with Gasteiger partial charge in [-0.25, -0.2) is 4.79 Å². The Kier molecular flexibility index (Phi) is 10.8. The van der Waals surface area contributed by atoms with E-state index in [-0.39, 0.29) is 0 Å². The molecule has 3 aliphatic carbocycles. The van der Waals surface area contributed by atoms with Gasteiger partial charge in [0.1, 0.15) is 12.2 Å². The van der Waals surface area contributed by atoms with Gasteiger partial charge in [0.05, 0.1) is 6.10 Å². The van der Waals surface area contributed by atoms with Crippen LogP contribution in [0.5, 0.6) is 0 Å². The van der Waals surface area contributed by atoms with Crippen LogP contribution in [0.4, 0.5) is 0 Å². The molecule has 9 nitrogen and oxygen atoms in total. The molecule has 0 amide bonds. The van der Waals surface area contributed by atoms with E-state index in [2.05, 4.69) is 51.3 Å². The first kappa shape index (κ1) is 33.3. The van der Waals surface area contributed by atoms with Crippen molar-refractivity contribution in [2.75, 3.05) is 0 Å². The van der Waals surface area contributed by atoms with Gasteiger partial charge in [-0.15, -0.1) is 0 Å². The molecular weight excluding hydrogens is 540 g/mol. The molecule has 1 heterocycles. The van der Waals surface area contributed by atoms with Gasteiger partial charge in [-0.1, -0.05) is 76.8 Å². The van der Waals surface area contributed by atoms with Gasteiger partial charge >= 0.3 is 11.9 Å². The zero-order valence-electron chi connectivity index (χ0n) is 25.7. The molecule has 10 atom stereocenters. The van der Waals surface area contributed by atoms with Crippen molar-refractivity contribution in [3.05, 3.63) is 35.5 Å². The smallest absolute Gasteiger partial charge is 0.373 e. The molecule has 0 radical (unpaired) electrons. The van der Waals surface area contributed by atoms with Crippen molar-refractivity contribution in [2.45, 2.75) is 135 Å². The van der Waals surface area contributed by atoms with E-state index in [1.807, 2.05) is 0 Å². The average molecular weight is 593 g/mol. The number of aliphatic hydroxyl groups excluding tert-OH is 3. The van der Waals surface area contributed by atoms with E-state index in [0.29, 0.717) is 30.6 Å². The second-order valence-electron chi connectivity index (χ2n) is 13.9. The quantitative estimate of drug-likeness (QED) is 0.145. The lowest BCUT2D eigenvalue weighted by atomic mass is 9.60. The van der Waals surface area contributed by atoms with Gasteiger partial charge in [-0.05, 0) is 86.0 Å². The summed E-state index contributed by atoms with van der Waals surface area (Å²) < 4.78 is 10.9. The van der Waals surface area contributed by atoms with Crippen molar-refractivity contribution in [3.63, 3.8) is 0 Å². The van der Waals surface area contributed by atoms with E-state index < -0.39 is 42.5 Å². The van der Waals surface area contributed by atoms with Crippen molar-refractivity contribution in [3.8, 4) is 0 Å². The lowest BCUT2D eigenvalue weighted by molar-refractivity contribution is -0.454. The van der Waals surface area contributed by atoms with Crippen molar-refractivity contribution in [2.24, 2.45) is 29.1 Å². The highest BCUT2D eigenvalue weighted by Gasteiger charge is 2.58. The standard InChI is InChI=1S/C33H52O9/c1-19(2)8-6-9-21(4)25-15-16-26-22(10-7-17-32(25,26)5)12-13-23-18-24(14-11-20(23)3)40-33(38)30(36)28(35)27(34)29(41-33)31(37)42-39/h12-13,19,21,24-30,34-36,38-39H,3,6-11,14-18H2,1-2,4-5H3/b22-12+,23-13-. The fourth-order valence-electron chi connectivity index (χ4n) is 8.22. The molecule has 1 saturated heterocycles. The van der Waals surface area contributed by atoms with Crippen LogP contribution in [0.15, 0.2) is 35.5 Å². The number of allylic oxidation sites excluding steroid dienone is 4. The summed E-state index contributed by atoms with van der Waals surface area (Å²) in [4.78, 5) is 15.4. The van der Waals surface area contributed by atoms with Gasteiger partial charge in [0.2, 0.25) is 0 Å². The van der Waals surface area contributed by atoms with E-state index in [1.165, 1.54) is 50.5 Å². The lowest BCUT2D eigenvalue weighted by Gasteiger charge is -2.45. The maximum absolute atomic E-state index is 11.8. The van der Waals surface area contributed by atoms with Crippen LogP contribution in [-0.4, -0.2) is 68.1 Å². The van der Waals surface area contributed by atoms with Gasteiger partial charge in [-0.2, -0.15) is 5.26 Å². The predicted molar refractivity (Wildman–Crippen MR) is 157 cm³/mol. The van der Waals surface area contributed by atoms with Gasteiger partial charge in [0.15, 0.2) is 12.2 Å². The Labute approximate surface area is 250 Å². The van der Waals surface area contributed by atoms with E-state index in [0.717, 1.165) is 35.3 Å². The van der Waals surface area contributed by atoms with Crippen LogP contribution in [0.1, 0.15) is 98.3 Å². The number of ether oxygens (including phenoxy) is 2. The molecule has 10 unspecified atom stereocenters. The second-order valence-corrected chi connectivity index (χ2v) is 13.9. The lowest BCUT2D eigenvalue weighted by Crippen LogP contribution is -2.67. The summed E-state index contributed by atoms with van der Waals surface area (Å²) in [7, 11) is 0. The monoisotopic (exact) mass is 592 g/mol. The Morgan fingerprint density at radius 3 is 2.52 bits per heavy atom. The van der Waals surface area contributed by atoms with E-state index in [9.17, 15) is 25.2 Å². The van der Waals surface area contributed by atoms with Gasteiger partial charge < -0.3 is 29.9 Å². The van der Waals surface area contributed by atoms with E-state index >= 15 is 0 Å². The van der Waals surface area contributed by atoms with Gasteiger partial charge in [-0.3, -0.25) is 4.89 Å². The van der Waals surface area contributed by atoms with Crippen LogP contribution in [-0.2, 0) is 19.2 Å². The highest BCUT2D eigenvalue weighted by molar-refractivity contribution is 5.75. The molecule has 0 bridgehead atoms. The Morgan fingerprint density at radius 1 is 1.10 bits per heavy atom. The molecule has 0 aromatic rings. The highest BCUT2D eigenvalue weighted by Crippen LogP contribution is 2.60. The molecular formula is C33H52O9. The number of hydrogen-bond donors (Lipinski definition) is 5. The maximum atomic E-state index is 11.8. The molecule has 0 spiro atoms. The fraction of sp³-hybridized carbons (Fsp3) is 0.788. The molecule has 0 aromatic heterocycles. The minimum Gasteiger partial charge on any atom is -0.387 e. The molecule has 42 heavy (non-hydrogen) atoms. The van der Waals surface area contributed by atoms with Crippen molar-refractivity contribution in [1.82, 2.24) is 0 Å². The Morgan fingerprint density at radius 2 is 1.83 bits per heavy atom. The Hall–Kier alpha value is -1.59. The summed E-state index contributed by atoms with van der Waals surface area (Å²) in [5, 5.41) is 50.4. The molecule has 3 saturated carbocycles. The van der Waals surface area contributed by atoms with Crippen LogP contribution in [0, 0.1) is 29.1 Å². The first-order chi connectivity index (χ1) is 19.8. The largest absolute Gasteiger partial charge is 0.387 e. The number of fused-ring (bicyclic) bond motifs is 1. The molecule has 1 aliphatic heterocycles. The Bertz CT molecular complexity index is 1040. The summed E-state index contributed by atoms with van der Waals surface area (Å²) in [5.41, 5.74) is 3.77. The normalized spacial score (nSPS) is 41.8. The average Bonchev–Trinajstić information content (AvgIpc) is 3.31. The zero-order valence-corrected chi connectivity index (χ0v) is 25.7. The zero-order chi connectivity index (χ0) is 30.8. The number of hydrogen-bond acceptors (Lipinski definition) is 9. The molecule has 4 rings (SSSR count). The van der Waals surface area contributed by atoms with Crippen LogP contribution in [0.3, 0.4) is 0 Å². The van der Waals surface area contributed by atoms with Gasteiger partial charge in [0, 0.05) is 0 Å². The molecule has 4 aliphatic rings. The topological polar surface area (TPSA) is 146 Å². The summed E-state index contributed by atoms with van der Waals surface area (Å²) in [6.07, 6.45) is 7.27. The highest BCUT2D eigenvalue weighted by atomic mass is 17.1. The molecule has 4 fully saturated rings. The summed E-state index contributed by atoms with van der Waals surface area (Å²) >= 11 is 0. The van der Waals surface area contributed by atoms with Gasteiger partial charge in [0.25, 0.3) is 0 Å². The number of carbonyl (C=O) groups excluding carboxylic acids is 1. The minimum absolute atomic E-state index is 0.324. The maximum Gasteiger partial charge on any atom is 0.373 e. The number of rotatable bonds is 9. The predicted octanol–water partition coefficient (Wildman–Crippen LogP) is 4.79. The first-order valence-electron chi connectivity index (χ1n) is 15.9. The summed E-state index contributed by atoms with van der Waals surface area (Å²) in [6, 6.07) is 0. The van der Waals surface area contributed by atoms with Crippen LogP contribution >= 0.6 is 0 Å². The van der Waals surface area contributed by atoms with Crippen molar-refractivity contribution in [1.29, 1.82) is 0 Å². The number of aliphatic hydroxyl groups is 4. The van der Waals surface area contributed by atoms with Crippen molar-refractivity contribution < 1.29 is 44.8 Å². The molecule has 5 N–H and O–H groups in total. The molecule has 9 heteroatoms. The molecule has 238 valence electrons. The SMILES string of the molecule is C=C1CCC(OC2(O)OC(C(=O)OO)C(O)C(O)C2O)C/C1=C/C=C1\CCCC2(C)C1CCC2C(C)CCCC(C)C. The summed E-state index contributed by atoms with van der Waals surface area (Å²) in [6.45, 7) is 13.8. The van der Waals surface area contributed by atoms with Crippen molar-refractivity contribution >= 4 is 5.97 Å². The third kappa shape index (κ3) is 6.88. The Balaban J connectivity index is 1.45. The fourth-order valence-corrected chi connectivity index (χ4v) is 8.22. The van der Waals surface area contributed by atoms with E-state index in [1.54, 1.807) is 0 Å². The first-order valence-corrected chi connectivity index (χ1v) is 15.9. The minimum atomic E-state index is -2.79. The van der Waals surface area contributed by atoms with Crippen LogP contribution in [0.25, 0.3) is 0 Å². The van der Waals surface area contributed by atoms with Crippen LogP contribution in [0.2, 0.25) is 0 Å². The third-order valence-corrected chi connectivity index (χ3v) is 10.6. The third-order valence-electron chi connectivity index (χ3n) is 10.6. The van der Waals surface area contributed by atoms with Crippen LogP contribution < -0.4 is 0 Å². The number of carbonyl (C=O) groups is 1. The van der Waals surface area contributed by atoms with E-state index in [4.69, 9.17) is 14.7 Å². The second kappa shape index (κ2) is 13.6. The summed E-state index contributed by atoms with van der Waals surface area (Å²) in [5.74, 6) is -1.41.